The molecule has 0 radical (unpaired) electrons. The number of H-pyrrole nitrogens is 1. The Bertz CT molecular complexity index is 1590. The fourth-order valence-corrected chi connectivity index (χ4v) is 4.53. The summed E-state index contributed by atoms with van der Waals surface area (Å²) in [6.45, 7) is 3.95. The first-order valence-electron chi connectivity index (χ1n) is 12.4. The minimum atomic E-state index is -0.107. The van der Waals surface area contributed by atoms with E-state index < -0.39 is 0 Å². The SMILES string of the molecule is COc1ccc(Cn2nnnc2CN(Cc2ccccc2OC)Cc2cc3cc(C)ccc3[nH]c2=O)cc1. The van der Waals surface area contributed by atoms with Crippen molar-refractivity contribution in [1.29, 1.82) is 0 Å². The van der Waals surface area contributed by atoms with Crippen molar-refractivity contribution in [3.05, 3.63) is 111 Å². The van der Waals surface area contributed by atoms with E-state index in [1.165, 1.54) is 0 Å². The van der Waals surface area contributed by atoms with Crippen LogP contribution in [0.5, 0.6) is 11.5 Å². The van der Waals surface area contributed by atoms with Gasteiger partial charge in [0.25, 0.3) is 5.56 Å². The molecule has 0 aliphatic heterocycles. The highest BCUT2D eigenvalue weighted by atomic mass is 16.5. The number of pyridine rings is 1. The number of nitrogens with one attached hydrogen (secondary N) is 1. The van der Waals surface area contributed by atoms with Crippen LogP contribution in [0.4, 0.5) is 0 Å². The Morgan fingerprint density at radius 3 is 2.47 bits per heavy atom. The molecule has 0 unspecified atom stereocenters. The molecule has 0 aliphatic rings. The lowest BCUT2D eigenvalue weighted by Crippen LogP contribution is -2.28. The van der Waals surface area contributed by atoms with Crippen LogP contribution in [-0.4, -0.2) is 44.3 Å². The largest absolute Gasteiger partial charge is 0.497 e. The van der Waals surface area contributed by atoms with Gasteiger partial charge in [-0.2, -0.15) is 0 Å². The zero-order valence-electron chi connectivity index (χ0n) is 21.7. The van der Waals surface area contributed by atoms with Crippen molar-refractivity contribution in [2.45, 2.75) is 33.1 Å². The zero-order valence-corrected chi connectivity index (χ0v) is 21.7. The van der Waals surface area contributed by atoms with E-state index >= 15 is 0 Å². The number of fused-ring (bicyclic) bond motifs is 1. The summed E-state index contributed by atoms with van der Waals surface area (Å²) in [4.78, 5) is 18.2. The summed E-state index contributed by atoms with van der Waals surface area (Å²) in [6, 6.07) is 23.7. The molecule has 2 heterocycles. The van der Waals surface area contributed by atoms with E-state index in [2.05, 4.69) is 31.5 Å². The molecule has 1 N–H and O–H groups in total. The van der Waals surface area contributed by atoms with Crippen LogP contribution in [0.3, 0.4) is 0 Å². The normalized spacial score (nSPS) is 11.3. The number of aryl methyl sites for hydroxylation is 1. The number of rotatable bonds is 10. The van der Waals surface area contributed by atoms with Crippen LogP contribution in [0.2, 0.25) is 0 Å². The molecule has 0 saturated heterocycles. The van der Waals surface area contributed by atoms with Gasteiger partial charge in [0, 0.05) is 29.7 Å². The summed E-state index contributed by atoms with van der Waals surface area (Å²) in [5, 5.41) is 13.5. The Balaban J connectivity index is 1.45. The second kappa shape index (κ2) is 11.3. The third-order valence-corrected chi connectivity index (χ3v) is 6.52. The molecule has 38 heavy (non-hydrogen) atoms. The molecule has 0 bridgehead atoms. The first-order valence-corrected chi connectivity index (χ1v) is 12.4. The molecule has 194 valence electrons. The quantitative estimate of drug-likeness (QED) is 0.302. The van der Waals surface area contributed by atoms with Crippen LogP contribution >= 0.6 is 0 Å². The number of aromatic nitrogens is 5. The second-order valence-electron chi connectivity index (χ2n) is 9.27. The Morgan fingerprint density at radius 2 is 1.68 bits per heavy atom. The highest BCUT2D eigenvalue weighted by Crippen LogP contribution is 2.22. The Hall–Kier alpha value is -4.50. The number of hydrogen-bond acceptors (Lipinski definition) is 7. The van der Waals surface area contributed by atoms with Crippen LogP contribution in [0.1, 0.15) is 28.1 Å². The fraction of sp³-hybridized carbons (Fsp3) is 0.241. The number of benzene rings is 3. The van der Waals surface area contributed by atoms with E-state index in [9.17, 15) is 4.79 Å². The van der Waals surface area contributed by atoms with Crippen LogP contribution in [0.25, 0.3) is 10.9 Å². The number of tetrazole rings is 1. The predicted octanol–water partition coefficient (Wildman–Crippen LogP) is 4.09. The lowest BCUT2D eigenvalue weighted by Gasteiger charge is -2.23. The van der Waals surface area contributed by atoms with Gasteiger partial charge in [-0.05, 0) is 64.7 Å². The maximum Gasteiger partial charge on any atom is 0.252 e. The summed E-state index contributed by atoms with van der Waals surface area (Å²) < 4.78 is 12.6. The van der Waals surface area contributed by atoms with Crippen LogP contribution < -0.4 is 15.0 Å². The first kappa shape index (κ1) is 25.2. The molecule has 0 fully saturated rings. The standard InChI is InChI=1S/C29H30N6O3/c1-20-8-13-26-23(14-20)15-24(29(36)30-26)18-34(17-22-6-4-5-7-27(22)38-3)19-28-31-32-33-35(28)16-21-9-11-25(37-2)12-10-21/h4-15H,16-19H2,1-3H3,(H,30,36). The van der Waals surface area contributed by atoms with E-state index in [1.54, 1.807) is 18.9 Å². The number of aromatic amines is 1. The molecule has 3 aromatic carbocycles. The molecular formula is C29H30N6O3. The maximum absolute atomic E-state index is 13.0. The number of ether oxygens (including phenoxy) is 2. The average molecular weight is 511 g/mol. The van der Waals surface area contributed by atoms with Gasteiger partial charge < -0.3 is 14.5 Å². The van der Waals surface area contributed by atoms with Gasteiger partial charge in [-0.3, -0.25) is 9.69 Å². The molecule has 5 aromatic rings. The van der Waals surface area contributed by atoms with Crippen LogP contribution in [0, 0.1) is 6.92 Å². The van der Waals surface area contributed by atoms with Gasteiger partial charge in [-0.1, -0.05) is 42.0 Å². The Kier molecular flexibility index (Phi) is 7.46. The fourth-order valence-electron chi connectivity index (χ4n) is 4.53. The molecule has 0 aliphatic carbocycles. The molecule has 0 saturated carbocycles. The van der Waals surface area contributed by atoms with E-state index in [0.29, 0.717) is 37.6 Å². The molecule has 9 nitrogen and oxygen atoms in total. The number of methoxy groups -OCH3 is 2. The number of nitrogens with zero attached hydrogens (tertiary/aromatic N) is 5. The smallest absolute Gasteiger partial charge is 0.252 e. The molecule has 5 rings (SSSR count). The van der Waals surface area contributed by atoms with Crippen molar-refractivity contribution in [2.75, 3.05) is 14.2 Å². The van der Waals surface area contributed by atoms with Crippen molar-refractivity contribution < 1.29 is 9.47 Å². The van der Waals surface area contributed by atoms with Crippen molar-refractivity contribution >= 4 is 10.9 Å². The number of hydrogen-bond donors (Lipinski definition) is 1. The van der Waals surface area contributed by atoms with Gasteiger partial charge in [0.05, 0.1) is 27.3 Å². The monoisotopic (exact) mass is 510 g/mol. The predicted molar refractivity (Wildman–Crippen MR) is 145 cm³/mol. The van der Waals surface area contributed by atoms with Crippen LogP contribution in [0.15, 0.2) is 77.6 Å². The van der Waals surface area contributed by atoms with Crippen molar-refractivity contribution in [3.63, 3.8) is 0 Å². The van der Waals surface area contributed by atoms with Gasteiger partial charge in [0.1, 0.15) is 11.5 Å². The molecule has 2 aromatic heterocycles. The van der Waals surface area contributed by atoms with E-state index in [0.717, 1.165) is 39.1 Å². The zero-order chi connectivity index (χ0) is 26.5. The minimum Gasteiger partial charge on any atom is -0.497 e. The van der Waals surface area contributed by atoms with Gasteiger partial charge in [0.2, 0.25) is 0 Å². The van der Waals surface area contributed by atoms with E-state index in [4.69, 9.17) is 9.47 Å². The van der Waals surface area contributed by atoms with Crippen LogP contribution in [-0.2, 0) is 26.2 Å². The Morgan fingerprint density at radius 1 is 0.895 bits per heavy atom. The van der Waals surface area contributed by atoms with Crippen molar-refractivity contribution in [3.8, 4) is 11.5 Å². The molecule has 9 heteroatoms. The minimum absolute atomic E-state index is 0.107. The summed E-state index contributed by atoms with van der Waals surface area (Å²) in [5.74, 6) is 2.28. The first-order chi connectivity index (χ1) is 18.5. The third kappa shape index (κ3) is 5.73. The summed E-state index contributed by atoms with van der Waals surface area (Å²) in [7, 11) is 3.31. The van der Waals surface area contributed by atoms with E-state index in [-0.39, 0.29) is 5.56 Å². The molecular weight excluding hydrogens is 480 g/mol. The average Bonchev–Trinajstić information content (AvgIpc) is 3.36. The number of para-hydroxylation sites is 1. The third-order valence-electron chi connectivity index (χ3n) is 6.52. The van der Waals surface area contributed by atoms with Gasteiger partial charge >= 0.3 is 0 Å². The van der Waals surface area contributed by atoms with E-state index in [1.807, 2.05) is 73.7 Å². The second-order valence-corrected chi connectivity index (χ2v) is 9.27. The lowest BCUT2D eigenvalue weighted by atomic mass is 10.1. The van der Waals surface area contributed by atoms with Crippen molar-refractivity contribution in [1.82, 2.24) is 30.1 Å². The molecule has 0 spiro atoms. The molecule has 0 atom stereocenters. The highest BCUT2D eigenvalue weighted by molar-refractivity contribution is 5.79. The van der Waals surface area contributed by atoms with Gasteiger partial charge in [-0.25, -0.2) is 4.68 Å². The van der Waals surface area contributed by atoms with Gasteiger partial charge in [0.15, 0.2) is 5.82 Å². The summed E-state index contributed by atoms with van der Waals surface area (Å²) in [5.41, 5.74) is 4.59. The lowest BCUT2D eigenvalue weighted by molar-refractivity contribution is 0.232. The maximum atomic E-state index is 13.0. The molecule has 0 amide bonds. The van der Waals surface area contributed by atoms with Crippen molar-refractivity contribution in [2.24, 2.45) is 0 Å². The summed E-state index contributed by atoms with van der Waals surface area (Å²) in [6.07, 6.45) is 0. The topological polar surface area (TPSA) is 98.2 Å². The summed E-state index contributed by atoms with van der Waals surface area (Å²) >= 11 is 0. The van der Waals surface area contributed by atoms with Gasteiger partial charge in [-0.15, -0.1) is 5.10 Å². The Labute approximate surface area is 220 Å². The highest BCUT2D eigenvalue weighted by Gasteiger charge is 2.17.